The first-order valence-corrected chi connectivity index (χ1v) is 10.6. The molecule has 4 aromatic rings. The van der Waals surface area contributed by atoms with Gasteiger partial charge in [-0.05, 0) is 56.9 Å². The zero-order valence-electron chi connectivity index (χ0n) is 17.2. The smallest absolute Gasteiger partial charge is 0.227 e. The van der Waals surface area contributed by atoms with Crippen LogP contribution in [-0.4, -0.2) is 42.6 Å². The summed E-state index contributed by atoms with van der Waals surface area (Å²) in [6.45, 7) is 1.69. The van der Waals surface area contributed by atoms with Gasteiger partial charge in [-0.25, -0.2) is 9.97 Å². The number of nitrogens with zero attached hydrogens (tertiary/aromatic N) is 3. The fourth-order valence-electron chi connectivity index (χ4n) is 4.09. The Morgan fingerprint density at radius 3 is 2.81 bits per heavy atom. The number of aliphatic hydroxyl groups is 2. The molecule has 0 radical (unpaired) electrons. The maximum Gasteiger partial charge on any atom is 0.227 e. The maximum absolute atomic E-state index is 9.83. The molecule has 1 atom stereocenters. The van der Waals surface area contributed by atoms with E-state index in [1.54, 1.807) is 13.1 Å². The van der Waals surface area contributed by atoms with E-state index >= 15 is 0 Å². The van der Waals surface area contributed by atoms with Crippen molar-refractivity contribution in [3.05, 3.63) is 48.3 Å². The number of fused-ring (bicyclic) bond motifs is 2. The summed E-state index contributed by atoms with van der Waals surface area (Å²) in [4.78, 5) is 9.14. The Kier molecular flexibility index (Phi) is 5.17. The van der Waals surface area contributed by atoms with Crippen molar-refractivity contribution < 1.29 is 14.9 Å². The SMILES string of the molecule is CC(O)c1n[nH]c2cc(Nc3ncc4cccc(OC5CCC(O)CC5)c4n3)ccc12. The van der Waals surface area contributed by atoms with E-state index in [1.807, 2.05) is 36.4 Å². The summed E-state index contributed by atoms with van der Waals surface area (Å²) < 4.78 is 6.24. The molecule has 8 heteroatoms. The van der Waals surface area contributed by atoms with Crippen LogP contribution in [0.1, 0.15) is 44.4 Å². The van der Waals surface area contributed by atoms with Crippen LogP contribution >= 0.6 is 0 Å². The van der Waals surface area contributed by atoms with Gasteiger partial charge in [-0.15, -0.1) is 0 Å². The van der Waals surface area contributed by atoms with Crippen molar-refractivity contribution in [1.29, 1.82) is 0 Å². The van der Waals surface area contributed by atoms with E-state index in [-0.39, 0.29) is 12.2 Å². The minimum atomic E-state index is -0.637. The van der Waals surface area contributed by atoms with E-state index in [2.05, 4.69) is 20.5 Å². The maximum atomic E-state index is 9.83. The van der Waals surface area contributed by atoms with Gasteiger partial charge in [-0.2, -0.15) is 5.10 Å². The topological polar surface area (TPSA) is 116 Å². The molecule has 0 amide bonds. The van der Waals surface area contributed by atoms with Crippen molar-refractivity contribution >= 4 is 33.4 Å². The second-order valence-corrected chi connectivity index (χ2v) is 8.11. The molecule has 1 unspecified atom stereocenters. The monoisotopic (exact) mass is 419 g/mol. The largest absolute Gasteiger partial charge is 0.488 e. The summed E-state index contributed by atoms with van der Waals surface area (Å²) in [7, 11) is 0. The van der Waals surface area contributed by atoms with Crippen molar-refractivity contribution in [2.45, 2.75) is 50.9 Å². The first-order valence-electron chi connectivity index (χ1n) is 10.6. The third-order valence-electron chi connectivity index (χ3n) is 5.76. The van der Waals surface area contributed by atoms with Crippen LogP contribution < -0.4 is 10.1 Å². The summed E-state index contributed by atoms with van der Waals surface area (Å²) >= 11 is 0. The molecule has 31 heavy (non-hydrogen) atoms. The number of H-pyrrole nitrogens is 1. The van der Waals surface area contributed by atoms with Gasteiger partial charge in [0.2, 0.25) is 5.95 Å². The normalized spacial score (nSPS) is 20.1. The third kappa shape index (κ3) is 4.04. The Bertz CT molecular complexity index is 1210. The van der Waals surface area contributed by atoms with Crippen LogP contribution in [0.3, 0.4) is 0 Å². The zero-order chi connectivity index (χ0) is 21.4. The van der Waals surface area contributed by atoms with Gasteiger partial charge >= 0.3 is 0 Å². The van der Waals surface area contributed by atoms with E-state index < -0.39 is 6.10 Å². The minimum Gasteiger partial charge on any atom is -0.488 e. The number of anilines is 2. The van der Waals surface area contributed by atoms with Gasteiger partial charge in [-0.3, -0.25) is 5.10 Å². The first-order chi connectivity index (χ1) is 15.1. The molecule has 1 aliphatic rings. The van der Waals surface area contributed by atoms with Gasteiger partial charge in [0.25, 0.3) is 0 Å². The number of nitrogens with one attached hydrogen (secondary N) is 2. The molecule has 2 aromatic carbocycles. The Balaban J connectivity index is 1.41. The number of benzene rings is 2. The first kappa shape index (κ1) is 19.7. The van der Waals surface area contributed by atoms with Crippen LogP contribution in [0.4, 0.5) is 11.6 Å². The Labute approximate surface area is 179 Å². The molecule has 0 spiro atoms. The fraction of sp³-hybridized carbons (Fsp3) is 0.348. The second kappa shape index (κ2) is 8.13. The standard InChI is InChI=1S/C23H25N5O3/c1-13(29)21-18-10-5-15(11-19(18)27-28-21)25-23-24-12-14-3-2-4-20(22(14)26-23)31-17-8-6-16(30)7-9-17/h2-5,10-13,16-17,29-30H,6-9H2,1H3,(H,27,28)(H,24,25,26). The number of aliphatic hydroxyl groups excluding tert-OH is 2. The van der Waals surface area contributed by atoms with Crippen molar-refractivity contribution in [3.63, 3.8) is 0 Å². The summed E-state index contributed by atoms with van der Waals surface area (Å²) in [5.41, 5.74) is 3.02. The highest BCUT2D eigenvalue weighted by Gasteiger charge is 2.21. The van der Waals surface area contributed by atoms with Crippen LogP contribution in [0.2, 0.25) is 0 Å². The number of hydrogen-bond donors (Lipinski definition) is 4. The molecule has 160 valence electrons. The molecule has 0 saturated heterocycles. The molecule has 5 rings (SSSR count). The van der Waals surface area contributed by atoms with Gasteiger partial charge in [0.15, 0.2) is 0 Å². The number of rotatable bonds is 5. The van der Waals surface area contributed by atoms with E-state index in [0.29, 0.717) is 11.6 Å². The summed E-state index contributed by atoms with van der Waals surface area (Å²) in [6.07, 6.45) is 4.23. The number of aromatic nitrogens is 4. The van der Waals surface area contributed by atoms with Gasteiger partial charge < -0.3 is 20.3 Å². The lowest BCUT2D eigenvalue weighted by molar-refractivity contribution is 0.0672. The average molecular weight is 419 g/mol. The Morgan fingerprint density at radius 1 is 1.16 bits per heavy atom. The van der Waals surface area contributed by atoms with Crippen molar-refractivity contribution in [1.82, 2.24) is 20.2 Å². The average Bonchev–Trinajstić information content (AvgIpc) is 3.19. The van der Waals surface area contributed by atoms with Crippen LogP contribution in [0.25, 0.3) is 21.8 Å². The molecular formula is C23H25N5O3. The predicted octanol–water partition coefficient (Wildman–Crippen LogP) is 3.99. The molecule has 1 fully saturated rings. The molecule has 4 N–H and O–H groups in total. The number of hydrogen-bond acceptors (Lipinski definition) is 7. The fourth-order valence-corrected chi connectivity index (χ4v) is 4.09. The van der Waals surface area contributed by atoms with Crippen LogP contribution in [0.5, 0.6) is 5.75 Å². The van der Waals surface area contributed by atoms with Crippen molar-refractivity contribution in [2.24, 2.45) is 0 Å². The molecule has 0 bridgehead atoms. The van der Waals surface area contributed by atoms with Gasteiger partial charge in [0, 0.05) is 22.7 Å². The molecule has 1 saturated carbocycles. The highest BCUT2D eigenvalue weighted by Crippen LogP contribution is 2.30. The highest BCUT2D eigenvalue weighted by atomic mass is 16.5. The van der Waals surface area contributed by atoms with E-state index in [0.717, 1.165) is 58.9 Å². The van der Waals surface area contributed by atoms with Crippen LogP contribution in [0, 0.1) is 0 Å². The van der Waals surface area contributed by atoms with E-state index in [4.69, 9.17) is 9.72 Å². The van der Waals surface area contributed by atoms with Crippen molar-refractivity contribution in [2.75, 3.05) is 5.32 Å². The number of aromatic amines is 1. The number of para-hydroxylation sites is 1. The zero-order valence-corrected chi connectivity index (χ0v) is 17.2. The molecule has 0 aliphatic heterocycles. The van der Waals surface area contributed by atoms with Crippen molar-refractivity contribution in [3.8, 4) is 5.75 Å². The molecular weight excluding hydrogens is 394 g/mol. The van der Waals surface area contributed by atoms with Gasteiger partial charge in [0.1, 0.15) is 11.3 Å². The van der Waals surface area contributed by atoms with Gasteiger partial charge in [-0.1, -0.05) is 12.1 Å². The molecule has 8 nitrogen and oxygen atoms in total. The highest BCUT2D eigenvalue weighted by molar-refractivity contribution is 5.87. The summed E-state index contributed by atoms with van der Waals surface area (Å²) in [5.74, 6) is 1.20. The van der Waals surface area contributed by atoms with E-state index in [1.165, 1.54) is 0 Å². The second-order valence-electron chi connectivity index (χ2n) is 8.11. The summed E-state index contributed by atoms with van der Waals surface area (Å²) in [6, 6.07) is 11.6. The lowest BCUT2D eigenvalue weighted by atomic mass is 9.95. The Hall–Kier alpha value is -3.23. The van der Waals surface area contributed by atoms with Crippen LogP contribution in [-0.2, 0) is 0 Å². The van der Waals surface area contributed by atoms with Gasteiger partial charge in [0.05, 0.1) is 29.5 Å². The third-order valence-corrected chi connectivity index (χ3v) is 5.76. The molecule has 1 aliphatic carbocycles. The lowest BCUT2D eigenvalue weighted by Crippen LogP contribution is -2.26. The molecule has 2 aromatic heterocycles. The quantitative estimate of drug-likeness (QED) is 0.386. The summed E-state index contributed by atoms with van der Waals surface area (Å²) in [5, 5.41) is 31.7. The van der Waals surface area contributed by atoms with E-state index in [9.17, 15) is 10.2 Å². The number of ether oxygens (including phenoxy) is 1. The predicted molar refractivity (Wildman–Crippen MR) is 118 cm³/mol. The van der Waals surface area contributed by atoms with Crippen LogP contribution in [0.15, 0.2) is 42.6 Å². The lowest BCUT2D eigenvalue weighted by Gasteiger charge is -2.26. The minimum absolute atomic E-state index is 0.0891. The molecule has 2 heterocycles. The Morgan fingerprint density at radius 2 is 2.00 bits per heavy atom.